The molecule has 0 bridgehead atoms. The van der Waals surface area contributed by atoms with Crippen molar-refractivity contribution in [2.45, 2.75) is 4.90 Å². The monoisotopic (exact) mass is 182 g/mol. The van der Waals surface area contributed by atoms with Gasteiger partial charge in [0, 0.05) is 5.41 Å². The Balaban J connectivity index is 2.42. The average molecular weight is 182 g/mol. The number of benzene rings is 1. The zero-order valence-electron chi connectivity index (χ0n) is 5.78. The second kappa shape index (κ2) is 2.88. The molecule has 0 radical (unpaired) electrons. The minimum absolute atomic E-state index is 0.883. The molecule has 3 heteroatoms. The fraction of sp³-hybridized carbons (Fsp3) is 0. The minimum Gasteiger partial charge on any atom is -0.456 e. The van der Waals surface area contributed by atoms with Crippen LogP contribution in [0.5, 0.6) is 5.75 Å². The summed E-state index contributed by atoms with van der Waals surface area (Å²) in [6.45, 7) is 0. The molecule has 1 aliphatic rings. The predicted octanol–water partition coefficient (Wildman–Crippen LogP) is 2.85. The second-order valence-corrected chi connectivity index (χ2v) is 3.67. The summed E-state index contributed by atoms with van der Waals surface area (Å²) in [6.07, 6.45) is 0. The quantitative estimate of drug-likeness (QED) is 0.570. The molecule has 1 heterocycles. The molecule has 0 spiro atoms. The van der Waals surface area contributed by atoms with Crippen LogP contribution in [0.4, 0.5) is 0 Å². The van der Waals surface area contributed by atoms with Crippen molar-refractivity contribution in [1.29, 1.82) is 0 Å². The van der Waals surface area contributed by atoms with Gasteiger partial charge in [-0.15, -0.1) is 0 Å². The van der Waals surface area contributed by atoms with E-state index in [0.29, 0.717) is 0 Å². The second-order valence-electron chi connectivity index (χ2n) is 2.19. The third-order valence-electron chi connectivity index (χ3n) is 1.38. The number of thioether (sulfide) groups is 1. The summed E-state index contributed by atoms with van der Waals surface area (Å²) < 4.78 is 5.44. The zero-order chi connectivity index (χ0) is 7.68. The first kappa shape index (κ1) is 7.20. The summed E-state index contributed by atoms with van der Waals surface area (Å²) in [5.74, 6) is 0.949. The van der Waals surface area contributed by atoms with Gasteiger partial charge in [0.05, 0.1) is 4.90 Å². The molecular formula is C8H7OPS. The van der Waals surface area contributed by atoms with E-state index in [9.17, 15) is 0 Å². The molecule has 0 aromatic heterocycles. The van der Waals surface area contributed by atoms with E-state index in [1.807, 2.05) is 29.7 Å². The van der Waals surface area contributed by atoms with Crippen LogP contribution in [0, 0.1) is 0 Å². The van der Waals surface area contributed by atoms with Gasteiger partial charge < -0.3 is 4.74 Å². The summed E-state index contributed by atoms with van der Waals surface area (Å²) in [5, 5.41) is 1.98. The predicted molar refractivity (Wildman–Crippen MR) is 50.7 cm³/mol. The van der Waals surface area contributed by atoms with E-state index >= 15 is 0 Å². The first-order valence-corrected chi connectivity index (χ1v) is 4.71. The number of ether oxygens (including phenoxy) is 1. The lowest BCUT2D eigenvalue weighted by molar-refractivity contribution is 0.453. The molecule has 1 atom stereocenters. The van der Waals surface area contributed by atoms with Crippen molar-refractivity contribution in [3.63, 3.8) is 0 Å². The van der Waals surface area contributed by atoms with Crippen molar-refractivity contribution < 1.29 is 4.74 Å². The third kappa shape index (κ3) is 1.42. The Bertz CT molecular complexity index is 309. The lowest BCUT2D eigenvalue weighted by atomic mass is 10.3. The first-order chi connectivity index (χ1) is 5.36. The van der Waals surface area contributed by atoms with Crippen LogP contribution in [0.25, 0.3) is 0 Å². The van der Waals surface area contributed by atoms with Gasteiger partial charge in [-0.3, -0.25) is 0 Å². The van der Waals surface area contributed by atoms with Gasteiger partial charge in [0.15, 0.2) is 0 Å². The van der Waals surface area contributed by atoms with E-state index in [-0.39, 0.29) is 0 Å². The van der Waals surface area contributed by atoms with Crippen molar-refractivity contribution in [2.75, 3.05) is 0 Å². The Morgan fingerprint density at radius 1 is 1.27 bits per heavy atom. The largest absolute Gasteiger partial charge is 0.456 e. The summed E-state index contributed by atoms with van der Waals surface area (Å²) in [4.78, 5) is 1.18. The van der Waals surface area contributed by atoms with Gasteiger partial charge in [-0.05, 0) is 12.1 Å². The smallest absolute Gasteiger partial charge is 0.141 e. The molecule has 2 rings (SSSR count). The maximum absolute atomic E-state index is 5.44. The van der Waals surface area contributed by atoms with Gasteiger partial charge in [-0.1, -0.05) is 33.1 Å². The highest BCUT2D eigenvalue weighted by Gasteiger charge is 2.07. The molecule has 11 heavy (non-hydrogen) atoms. The maximum atomic E-state index is 5.44. The van der Waals surface area contributed by atoms with E-state index in [4.69, 9.17) is 4.74 Å². The van der Waals surface area contributed by atoms with Crippen LogP contribution in [0.15, 0.2) is 40.1 Å². The summed E-state index contributed by atoms with van der Waals surface area (Å²) in [7, 11) is 2.55. The molecule has 1 unspecified atom stereocenters. The number of rotatable bonds is 0. The molecular weight excluding hydrogens is 175 g/mol. The van der Waals surface area contributed by atoms with Crippen molar-refractivity contribution in [2.24, 2.45) is 0 Å². The summed E-state index contributed by atoms with van der Waals surface area (Å²) >= 11 is 1.69. The van der Waals surface area contributed by atoms with E-state index in [1.165, 1.54) is 4.90 Å². The van der Waals surface area contributed by atoms with Gasteiger partial charge >= 0.3 is 0 Å². The molecule has 0 aliphatic carbocycles. The lowest BCUT2D eigenvalue weighted by Gasteiger charge is -2.13. The number of fused-ring (bicyclic) bond motifs is 1. The highest BCUT2D eigenvalue weighted by atomic mass is 32.2. The SMILES string of the molecule is PC1=CSc2ccccc2O1. The lowest BCUT2D eigenvalue weighted by Crippen LogP contribution is -1.92. The Labute approximate surface area is 72.0 Å². The van der Waals surface area contributed by atoms with Crippen LogP contribution in [0.3, 0.4) is 0 Å². The topological polar surface area (TPSA) is 9.23 Å². The van der Waals surface area contributed by atoms with Crippen LogP contribution in [0.1, 0.15) is 0 Å². The normalized spacial score (nSPS) is 14.8. The zero-order valence-corrected chi connectivity index (χ0v) is 7.75. The number of para-hydroxylation sites is 1. The highest BCUT2D eigenvalue weighted by Crippen LogP contribution is 2.37. The van der Waals surface area contributed by atoms with Crippen molar-refractivity contribution in [3.05, 3.63) is 35.2 Å². The molecule has 1 aromatic carbocycles. The van der Waals surface area contributed by atoms with Crippen molar-refractivity contribution in [3.8, 4) is 5.75 Å². The average Bonchev–Trinajstić information content (AvgIpc) is 2.04. The van der Waals surface area contributed by atoms with E-state index < -0.39 is 0 Å². The summed E-state index contributed by atoms with van der Waals surface area (Å²) in [6, 6.07) is 8.01. The molecule has 0 fully saturated rings. The number of hydrogen-bond donors (Lipinski definition) is 0. The Morgan fingerprint density at radius 2 is 2.09 bits per heavy atom. The Morgan fingerprint density at radius 3 is 3.00 bits per heavy atom. The van der Waals surface area contributed by atoms with Gasteiger partial charge in [0.1, 0.15) is 11.2 Å². The van der Waals surface area contributed by atoms with Gasteiger partial charge in [0.25, 0.3) is 0 Å². The molecule has 1 nitrogen and oxygen atoms in total. The Kier molecular flexibility index (Phi) is 1.89. The maximum Gasteiger partial charge on any atom is 0.141 e. The molecule has 1 aromatic rings. The Hall–Kier alpha value is -0.460. The van der Waals surface area contributed by atoms with E-state index in [2.05, 4.69) is 9.24 Å². The van der Waals surface area contributed by atoms with Crippen LogP contribution in [-0.4, -0.2) is 0 Å². The van der Waals surface area contributed by atoms with Crippen LogP contribution < -0.4 is 4.74 Å². The molecule has 0 saturated carbocycles. The van der Waals surface area contributed by atoms with E-state index in [1.54, 1.807) is 11.8 Å². The molecule has 0 amide bonds. The van der Waals surface area contributed by atoms with Gasteiger partial charge in [-0.25, -0.2) is 0 Å². The van der Waals surface area contributed by atoms with Crippen LogP contribution in [0.2, 0.25) is 0 Å². The fourth-order valence-corrected chi connectivity index (χ4v) is 1.91. The highest BCUT2D eigenvalue weighted by molar-refractivity contribution is 8.02. The standard InChI is InChI=1S/C8H7OPS/c10-8-5-11-7-4-2-1-3-6(7)9-8/h1-5H,10H2. The van der Waals surface area contributed by atoms with Crippen LogP contribution in [-0.2, 0) is 0 Å². The summed E-state index contributed by atoms with van der Waals surface area (Å²) in [5.41, 5.74) is 0.883. The van der Waals surface area contributed by atoms with Crippen LogP contribution >= 0.6 is 21.0 Å². The third-order valence-corrected chi connectivity index (χ3v) is 2.85. The van der Waals surface area contributed by atoms with Crippen molar-refractivity contribution in [1.82, 2.24) is 0 Å². The van der Waals surface area contributed by atoms with E-state index in [0.717, 1.165) is 11.2 Å². The molecule has 0 N–H and O–H groups in total. The van der Waals surface area contributed by atoms with Gasteiger partial charge in [0.2, 0.25) is 0 Å². The molecule has 56 valence electrons. The van der Waals surface area contributed by atoms with Crippen molar-refractivity contribution >= 4 is 21.0 Å². The number of hydrogen-bond acceptors (Lipinski definition) is 2. The first-order valence-electron chi connectivity index (χ1n) is 3.25. The molecule has 1 aliphatic heterocycles. The molecule has 0 saturated heterocycles. The minimum atomic E-state index is 0.883. The van der Waals surface area contributed by atoms with Gasteiger partial charge in [-0.2, -0.15) is 0 Å². The fourth-order valence-electron chi connectivity index (χ4n) is 0.904.